The van der Waals surface area contributed by atoms with Gasteiger partial charge in [-0.15, -0.1) is 0 Å². The van der Waals surface area contributed by atoms with Gasteiger partial charge in [0.15, 0.2) is 0 Å². The Hall–Kier alpha value is -1.07. The molecule has 0 aliphatic heterocycles. The van der Waals surface area contributed by atoms with Gasteiger partial charge in [-0.2, -0.15) is 0 Å². The second-order valence-electron chi connectivity index (χ2n) is 4.49. The number of carbonyl (C=O) groups is 1. The van der Waals surface area contributed by atoms with Gasteiger partial charge in [0.1, 0.15) is 11.8 Å². The standard InChI is InChI=1S/C13H16BrNO3/c1-18-10-4-5-11(14)9(6-10)7-15-12(13(16)17)8-2-3-8/h4-6,8,12,15H,2-3,7H2,1H3,(H,16,17). The fourth-order valence-corrected chi connectivity index (χ4v) is 2.31. The summed E-state index contributed by atoms with van der Waals surface area (Å²) in [5, 5.41) is 12.2. The Bertz CT molecular complexity index is 446. The molecular formula is C13H16BrNO3. The number of carboxylic acid groups (broad SMARTS) is 1. The molecule has 2 rings (SSSR count). The number of rotatable bonds is 6. The molecule has 0 aromatic heterocycles. The van der Waals surface area contributed by atoms with Crippen molar-refractivity contribution in [2.24, 2.45) is 5.92 Å². The van der Waals surface area contributed by atoms with E-state index >= 15 is 0 Å². The first-order chi connectivity index (χ1) is 8.61. The zero-order chi connectivity index (χ0) is 13.1. The highest BCUT2D eigenvalue weighted by atomic mass is 79.9. The Balaban J connectivity index is 2.02. The number of aliphatic carboxylic acids is 1. The molecule has 0 spiro atoms. The highest BCUT2D eigenvalue weighted by molar-refractivity contribution is 9.10. The van der Waals surface area contributed by atoms with E-state index in [4.69, 9.17) is 9.84 Å². The summed E-state index contributed by atoms with van der Waals surface area (Å²) in [6.45, 7) is 0.519. The minimum absolute atomic E-state index is 0.284. The highest BCUT2D eigenvalue weighted by Crippen LogP contribution is 2.33. The van der Waals surface area contributed by atoms with Crippen molar-refractivity contribution < 1.29 is 14.6 Å². The average Bonchev–Trinajstić information content (AvgIpc) is 3.15. The fraction of sp³-hybridized carbons (Fsp3) is 0.462. The van der Waals surface area contributed by atoms with Gasteiger partial charge in [0.2, 0.25) is 0 Å². The third-order valence-corrected chi connectivity index (χ3v) is 3.90. The molecule has 0 saturated heterocycles. The lowest BCUT2D eigenvalue weighted by atomic mass is 10.1. The van der Waals surface area contributed by atoms with Crippen LogP contribution in [0.1, 0.15) is 18.4 Å². The summed E-state index contributed by atoms with van der Waals surface area (Å²) in [6, 6.07) is 5.23. The van der Waals surface area contributed by atoms with E-state index in [0.717, 1.165) is 28.6 Å². The van der Waals surface area contributed by atoms with E-state index in [1.807, 2.05) is 18.2 Å². The number of ether oxygens (including phenoxy) is 1. The number of nitrogens with one attached hydrogen (secondary N) is 1. The summed E-state index contributed by atoms with van der Waals surface area (Å²) in [7, 11) is 1.62. The monoisotopic (exact) mass is 313 g/mol. The van der Waals surface area contributed by atoms with E-state index in [9.17, 15) is 4.79 Å². The van der Waals surface area contributed by atoms with Crippen LogP contribution in [0.5, 0.6) is 5.75 Å². The van der Waals surface area contributed by atoms with E-state index in [1.54, 1.807) is 7.11 Å². The second-order valence-corrected chi connectivity index (χ2v) is 5.35. The molecule has 1 aromatic rings. The minimum atomic E-state index is -0.767. The van der Waals surface area contributed by atoms with Crippen molar-refractivity contribution in [1.82, 2.24) is 5.32 Å². The maximum atomic E-state index is 11.1. The van der Waals surface area contributed by atoms with Gasteiger partial charge in [-0.3, -0.25) is 4.79 Å². The number of halogens is 1. The van der Waals surface area contributed by atoms with Gasteiger partial charge in [-0.1, -0.05) is 15.9 Å². The Morgan fingerprint density at radius 2 is 2.33 bits per heavy atom. The topological polar surface area (TPSA) is 58.6 Å². The molecule has 1 saturated carbocycles. The number of hydrogen-bond acceptors (Lipinski definition) is 3. The van der Waals surface area contributed by atoms with E-state index in [-0.39, 0.29) is 5.92 Å². The third kappa shape index (κ3) is 3.23. The van der Waals surface area contributed by atoms with E-state index in [0.29, 0.717) is 6.54 Å². The molecule has 98 valence electrons. The van der Waals surface area contributed by atoms with Crippen molar-refractivity contribution >= 4 is 21.9 Å². The third-order valence-electron chi connectivity index (χ3n) is 3.12. The van der Waals surface area contributed by atoms with Gasteiger partial charge in [-0.05, 0) is 42.5 Å². The van der Waals surface area contributed by atoms with E-state index < -0.39 is 12.0 Å². The summed E-state index contributed by atoms with van der Waals surface area (Å²) < 4.78 is 6.11. The molecule has 0 heterocycles. The van der Waals surface area contributed by atoms with Gasteiger partial charge in [0, 0.05) is 11.0 Å². The van der Waals surface area contributed by atoms with Crippen LogP contribution in [0, 0.1) is 5.92 Å². The van der Waals surface area contributed by atoms with Crippen LogP contribution in [-0.2, 0) is 11.3 Å². The Morgan fingerprint density at radius 1 is 1.61 bits per heavy atom. The quantitative estimate of drug-likeness (QED) is 0.846. The van der Waals surface area contributed by atoms with Crippen molar-refractivity contribution in [2.45, 2.75) is 25.4 Å². The normalized spacial score (nSPS) is 16.3. The van der Waals surface area contributed by atoms with Gasteiger partial charge in [-0.25, -0.2) is 0 Å². The molecule has 1 aliphatic carbocycles. The molecule has 1 unspecified atom stereocenters. The summed E-state index contributed by atoms with van der Waals surface area (Å²) in [6.07, 6.45) is 2.01. The maximum Gasteiger partial charge on any atom is 0.320 e. The zero-order valence-electron chi connectivity index (χ0n) is 10.1. The smallest absolute Gasteiger partial charge is 0.320 e. The fourth-order valence-electron chi connectivity index (χ4n) is 1.92. The van der Waals surface area contributed by atoms with E-state index in [2.05, 4.69) is 21.2 Å². The zero-order valence-corrected chi connectivity index (χ0v) is 11.7. The first kappa shape index (κ1) is 13.4. The lowest BCUT2D eigenvalue weighted by Crippen LogP contribution is -2.38. The van der Waals surface area contributed by atoms with Crippen LogP contribution >= 0.6 is 15.9 Å². The predicted molar refractivity (Wildman–Crippen MR) is 71.7 cm³/mol. The first-order valence-electron chi connectivity index (χ1n) is 5.90. The van der Waals surface area contributed by atoms with Crippen LogP contribution in [0.15, 0.2) is 22.7 Å². The van der Waals surface area contributed by atoms with Crippen LogP contribution < -0.4 is 10.1 Å². The maximum absolute atomic E-state index is 11.1. The SMILES string of the molecule is COc1ccc(Br)c(CNC(C(=O)O)C2CC2)c1. The van der Waals surface area contributed by atoms with Crippen LogP contribution in [0.4, 0.5) is 0 Å². The Kier molecular flexibility index (Phi) is 4.24. The van der Waals surface area contributed by atoms with Gasteiger partial charge in [0.25, 0.3) is 0 Å². The number of methoxy groups -OCH3 is 1. The van der Waals surface area contributed by atoms with Crippen molar-refractivity contribution in [1.29, 1.82) is 0 Å². The molecule has 1 fully saturated rings. The minimum Gasteiger partial charge on any atom is -0.497 e. The Labute approximate surface area is 114 Å². The van der Waals surface area contributed by atoms with Gasteiger partial charge in [0.05, 0.1) is 7.11 Å². The molecule has 1 aromatic carbocycles. The predicted octanol–water partition coefficient (Wildman–Crippen LogP) is 2.41. The molecule has 0 amide bonds. The summed E-state index contributed by atoms with van der Waals surface area (Å²) in [5.74, 6) is 0.289. The van der Waals surface area contributed by atoms with Crippen LogP contribution in [-0.4, -0.2) is 24.2 Å². The first-order valence-corrected chi connectivity index (χ1v) is 6.69. The second kappa shape index (κ2) is 5.71. The van der Waals surface area contributed by atoms with Gasteiger partial charge >= 0.3 is 5.97 Å². The molecule has 2 N–H and O–H groups in total. The highest BCUT2D eigenvalue weighted by Gasteiger charge is 2.35. The lowest BCUT2D eigenvalue weighted by molar-refractivity contribution is -0.140. The summed E-state index contributed by atoms with van der Waals surface area (Å²) in [5.41, 5.74) is 1.00. The molecule has 1 atom stereocenters. The molecule has 0 bridgehead atoms. The average molecular weight is 314 g/mol. The van der Waals surface area contributed by atoms with Crippen LogP contribution in [0.3, 0.4) is 0 Å². The molecule has 0 radical (unpaired) electrons. The van der Waals surface area contributed by atoms with E-state index in [1.165, 1.54) is 0 Å². The molecule has 4 nitrogen and oxygen atoms in total. The van der Waals surface area contributed by atoms with Crippen molar-refractivity contribution in [3.8, 4) is 5.75 Å². The van der Waals surface area contributed by atoms with Crippen molar-refractivity contribution in [3.63, 3.8) is 0 Å². The summed E-state index contributed by atoms with van der Waals surface area (Å²) in [4.78, 5) is 11.1. The molecule has 5 heteroatoms. The number of benzene rings is 1. The van der Waals surface area contributed by atoms with Gasteiger partial charge < -0.3 is 15.2 Å². The number of carboxylic acids is 1. The van der Waals surface area contributed by atoms with Crippen LogP contribution in [0.25, 0.3) is 0 Å². The Morgan fingerprint density at radius 3 is 2.89 bits per heavy atom. The summed E-state index contributed by atoms with van der Waals surface area (Å²) >= 11 is 3.46. The van der Waals surface area contributed by atoms with Crippen molar-refractivity contribution in [3.05, 3.63) is 28.2 Å². The molecular weight excluding hydrogens is 298 g/mol. The largest absolute Gasteiger partial charge is 0.497 e. The molecule has 18 heavy (non-hydrogen) atoms. The number of hydrogen-bond donors (Lipinski definition) is 2. The lowest BCUT2D eigenvalue weighted by Gasteiger charge is -2.14. The van der Waals surface area contributed by atoms with Crippen molar-refractivity contribution in [2.75, 3.05) is 7.11 Å². The molecule has 1 aliphatic rings. The van der Waals surface area contributed by atoms with Crippen LogP contribution in [0.2, 0.25) is 0 Å².